The predicted molar refractivity (Wildman–Crippen MR) is 110 cm³/mol. The number of benzene rings is 4. The van der Waals surface area contributed by atoms with E-state index < -0.39 is 0 Å². The number of nitrogens with zero attached hydrogens (tertiary/aromatic N) is 2. The lowest BCUT2D eigenvalue weighted by molar-refractivity contribution is 1.32. The molecule has 26 heavy (non-hydrogen) atoms. The topological polar surface area (TPSA) is 77.8 Å². The van der Waals surface area contributed by atoms with Crippen LogP contribution in [0.4, 0.5) is 11.4 Å². The zero-order valence-electron chi connectivity index (χ0n) is 14.7. The Bertz CT molecular complexity index is 1260. The van der Waals surface area contributed by atoms with Crippen molar-refractivity contribution < 1.29 is 0 Å². The molecule has 0 fully saturated rings. The van der Waals surface area contributed by atoms with Crippen LogP contribution in [0, 0.1) is 13.8 Å². The third kappa shape index (κ3) is 2.02. The van der Waals surface area contributed by atoms with Crippen molar-refractivity contribution >= 4 is 55.0 Å². The first-order valence-electron chi connectivity index (χ1n) is 8.60. The molecule has 4 heteroatoms. The van der Waals surface area contributed by atoms with E-state index in [4.69, 9.17) is 21.4 Å². The molecule has 0 saturated carbocycles. The molecule has 0 spiro atoms. The highest BCUT2D eigenvalue weighted by Gasteiger charge is 2.13. The largest absolute Gasteiger partial charge is 0.399 e. The van der Waals surface area contributed by atoms with Crippen LogP contribution in [-0.4, -0.2) is 9.97 Å². The van der Waals surface area contributed by atoms with Gasteiger partial charge in [0.15, 0.2) is 0 Å². The van der Waals surface area contributed by atoms with E-state index in [0.29, 0.717) is 0 Å². The standard InChI is InChI=1S/C22H18N4/c1-11-7-19-20(8-12(11)2)26-22-18-10-14(24)4-6-16(18)15-5-3-13(23)9-17(15)21(22)25-19/h3-10H,23-24H2,1-2H3. The maximum Gasteiger partial charge on any atom is 0.0980 e. The van der Waals surface area contributed by atoms with E-state index in [1.54, 1.807) is 0 Å². The quantitative estimate of drug-likeness (QED) is 0.240. The van der Waals surface area contributed by atoms with E-state index >= 15 is 0 Å². The fourth-order valence-electron chi connectivity index (χ4n) is 3.67. The van der Waals surface area contributed by atoms with E-state index in [2.05, 4.69) is 38.1 Å². The van der Waals surface area contributed by atoms with Crippen molar-refractivity contribution in [3.05, 3.63) is 59.7 Å². The number of hydrogen-bond acceptors (Lipinski definition) is 4. The monoisotopic (exact) mass is 338 g/mol. The third-order valence-corrected chi connectivity index (χ3v) is 5.17. The minimum absolute atomic E-state index is 0.718. The fraction of sp³-hybridized carbons (Fsp3) is 0.0909. The third-order valence-electron chi connectivity index (χ3n) is 5.17. The predicted octanol–water partition coefficient (Wildman–Crippen LogP) is 4.87. The molecule has 0 aliphatic heterocycles. The molecule has 1 heterocycles. The molecule has 0 amide bonds. The number of nitrogens with two attached hydrogens (primary N) is 2. The van der Waals surface area contributed by atoms with Crippen LogP contribution in [0.15, 0.2) is 48.5 Å². The molecule has 4 nitrogen and oxygen atoms in total. The summed E-state index contributed by atoms with van der Waals surface area (Å²) in [6, 6.07) is 16.1. The van der Waals surface area contributed by atoms with Gasteiger partial charge in [-0.05, 0) is 72.1 Å². The number of hydrogen-bond donors (Lipinski definition) is 2. The summed E-state index contributed by atoms with van der Waals surface area (Å²) in [4.78, 5) is 9.94. The van der Waals surface area contributed by atoms with Gasteiger partial charge in [-0.1, -0.05) is 12.1 Å². The molecule has 0 bridgehead atoms. The Hall–Kier alpha value is -3.40. The minimum Gasteiger partial charge on any atom is -0.399 e. The number of anilines is 2. The molecule has 0 radical (unpaired) electrons. The van der Waals surface area contributed by atoms with Crippen molar-refractivity contribution in [1.82, 2.24) is 9.97 Å². The lowest BCUT2D eigenvalue weighted by Gasteiger charge is -2.12. The van der Waals surface area contributed by atoms with Gasteiger partial charge >= 0.3 is 0 Å². The van der Waals surface area contributed by atoms with Crippen molar-refractivity contribution in [3.8, 4) is 0 Å². The molecule has 126 valence electrons. The van der Waals surface area contributed by atoms with Crippen LogP contribution in [0.1, 0.15) is 11.1 Å². The van der Waals surface area contributed by atoms with Gasteiger partial charge in [0.1, 0.15) is 0 Å². The van der Waals surface area contributed by atoms with Crippen molar-refractivity contribution in [2.75, 3.05) is 11.5 Å². The van der Waals surface area contributed by atoms with Gasteiger partial charge in [-0.25, -0.2) is 9.97 Å². The van der Waals surface area contributed by atoms with Crippen LogP contribution in [0.3, 0.4) is 0 Å². The van der Waals surface area contributed by atoms with Crippen LogP contribution in [-0.2, 0) is 0 Å². The van der Waals surface area contributed by atoms with Crippen LogP contribution < -0.4 is 11.5 Å². The summed E-state index contributed by atoms with van der Waals surface area (Å²) in [5.41, 5.74) is 19.5. The molecule has 0 aliphatic rings. The number of nitrogen functional groups attached to an aromatic ring is 2. The van der Waals surface area contributed by atoms with Gasteiger partial charge in [0, 0.05) is 22.1 Å². The Morgan fingerprint density at radius 2 is 1.00 bits per heavy atom. The molecule has 4 aromatic carbocycles. The van der Waals surface area contributed by atoms with E-state index in [1.807, 2.05) is 24.3 Å². The molecule has 1 aromatic heterocycles. The first kappa shape index (κ1) is 14.9. The molecular weight excluding hydrogens is 320 g/mol. The van der Waals surface area contributed by atoms with Crippen LogP contribution in [0.25, 0.3) is 43.6 Å². The Kier molecular flexibility index (Phi) is 2.89. The SMILES string of the molecule is Cc1cc2nc3c4cc(N)ccc4c4ccc(N)cc4c3nc2cc1C. The number of rotatable bonds is 0. The van der Waals surface area contributed by atoms with Gasteiger partial charge in [0.2, 0.25) is 0 Å². The van der Waals surface area contributed by atoms with Crippen molar-refractivity contribution in [2.45, 2.75) is 13.8 Å². The summed E-state index contributed by atoms with van der Waals surface area (Å²) in [5, 5.41) is 4.26. The van der Waals surface area contributed by atoms with Gasteiger partial charge in [0.05, 0.1) is 22.1 Å². The first-order valence-corrected chi connectivity index (χ1v) is 8.60. The highest BCUT2D eigenvalue weighted by atomic mass is 14.8. The van der Waals surface area contributed by atoms with E-state index in [9.17, 15) is 0 Å². The van der Waals surface area contributed by atoms with Crippen molar-refractivity contribution in [3.63, 3.8) is 0 Å². The smallest absolute Gasteiger partial charge is 0.0980 e. The zero-order valence-corrected chi connectivity index (χ0v) is 14.7. The summed E-state index contributed by atoms with van der Waals surface area (Å²) in [6.07, 6.45) is 0. The average molecular weight is 338 g/mol. The Morgan fingerprint density at radius 3 is 1.42 bits per heavy atom. The number of aryl methyl sites for hydroxylation is 2. The summed E-state index contributed by atoms with van der Waals surface area (Å²) in [5.74, 6) is 0. The fourth-order valence-corrected chi connectivity index (χ4v) is 3.67. The highest BCUT2D eigenvalue weighted by molar-refractivity contribution is 6.24. The van der Waals surface area contributed by atoms with E-state index in [0.717, 1.165) is 55.0 Å². The molecule has 4 N–H and O–H groups in total. The van der Waals surface area contributed by atoms with Gasteiger partial charge < -0.3 is 11.5 Å². The number of fused-ring (bicyclic) bond motifs is 7. The Morgan fingerprint density at radius 1 is 0.577 bits per heavy atom. The van der Waals surface area contributed by atoms with E-state index in [1.165, 1.54) is 11.1 Å². The Balaban J connectivity index is 2.11. The van der Waals surface area contributed by atoms with Crippen LogP contribution in [0.5, 0.6) is 0 Å². The lowest BCUT2D eigenvalue weighted by Crippen LogP contribution is -1.95. The van der Waals surface area contributed by atoms with E-state index in [-0.39, 0.29) is 0 Å². The molecule has 5 aromatic rings. The van der Waals surface area contributed by atoms with Crippen molar-refractivity contribution in [1.29, 1.82) is 0 Å². The molecular formula is C22H18N4. The van der Waals surface area contributed by atoms with Crippen LogP contribution in [0.2, 0.25) is 0 Å². The average Bonchev–Trinajstić information content (AvgIpc) is 2.61. The molecule has 0 aliphatic carbocycles. The summed E-state index contributed by atoms with van der Waals surface area (Å²) >= 11 is 0. The van der Waals surface area contributed by atoms with Crippen molar-refractivity contribution in [2.24, 2.45) is 0 Å². The zero-order chi connectivity index (χ0) is 18.0. The normalized spacial score (nSPS) is 11.8. The van der Waals surface area contributed by atoms with Crippen LogP contribution >= 0.6 is 0 Å². The maximum atomic E-state index is 6.07. The highest BCUT2D eigenvalue weighted by Crippen LogP contribution is 2.36. The van der Waals surface area contributed by atoms with Gasteiger partial charge in [-0.2, -0.15) is 0 Å². The first-order chi connectivity index (χ1) is 12.5. The summed E-state index contributed by atoms with van der Waals surface area (Å²) in [7, 11) is 0. The molecule has 0 unspecified atom stereocenters. The van der Waals surface area contributed by atoms with Gasteiger partial charge in [-0.3, -0.25) is 0 Å². The second kappa shape index (κ2) is 5.05. The van der Waals surface area contributed by atoms with Gasteiger partial charge in [0.25, 0.3) is 0 Å². The molecule has 0 atom stereocenters. The summed E-state index contributed by atoms with van der Waals surface area (Å²) in [6.45, 7) is 4.19. The second-order valence-corrected chi connectivity index (χ2v) is 6.96. The van der Waals surface area contributed by atoms with Gasteiger partial charge in [-0.15, -0.1) is 0 Å². The Labute approximate surface area is 150 Å². The minimum atomic E-state index is 0.718. The number of aromatic nitrogens is 2. The lowest BCUT2D eigenvalue weighted by atomic mass is 9.98. The maximum absolute atomic E-state index is 6.07. The second-order valence-electron chi connectivity index (χ2n) is 6.96. The molecule has 5 rings (SSSR count). The summed E-state index contributed by atoms with van der Waals surface area (Å²) < 4.78 is 0. The molecule has 0 saturated heterocycles.